The van der Waals surface area contributed by atoms with E-state index in [1.165, 1.54) is 0 Å². The number of hydrogen-bond donors (Lipinski definition) is 1. The molecule has 2 aliphatic rings. The van der Waals surface area contributed by atoms with E-state index in [9.17, 15) is 19.5 Å². The van der Waals surface area contributed by atoms with Gasteiger partial charge in [0.25, 0.3) is 0 Å². The van der Waals surface area contributed by atoms with Crippen LogP contribution in [0.4, 0.5) is 0 Å². The molecule has 0 radical (unpaired) electrons. The third kappa shape index (κ3) is 3.53. The van der Waals surface area contributed by atoms with E-state index < -0.39 is 28.4 Å². The Morgan fingerprint density at radius 2 is 1.72 bits per heavy atom. The molecule has 2 rings (SSSR count). The van der Waals surface area contributed by atoms with E-state index in [1.807, 2.05) is 20.8 Å². The van der Waals surface area contributed by atoms with Gasteiger partial charge in [-0.15, -0.1) is 0 Å². The van der Waals surface area contributed by atoms with Crippen molar-refractivity contribution in [2.75, 3.05) is 0 Å². The van der Waals surface area contributed by atoms with Crippen LogP contribution >= 0.6 is 0 Å². The summed E-state index contributed by atoms with van der Waals surface area (Å²) in [5, 5.41) is 9.78. The fourth-order valence-corrected chi connectivity index (χ4v) is 3.84. The molecular weight excluding hydrogens is 324 g/mol. The first-order valence-corrected chi connectivity index (χ1v) is 9.01. The Kier molecular flexibility index (Phi) is 4.96. The number of ether oxygens (including phenoxy) is 2. The SMILES string of the molecule is CCC(C)(C)C(=O)OC1CC2CC1CC2(C(=O)O)C(=O)OC(C)(C)C. The van der Waals surface area contributed by atoms with E-state index in [0.717, 1.165) is 0 Å². The molecule has 2 bridgehead atoms. The predicted molar refractivity (Wildman–Crippen MR) is 90.7 cm³/mol. The van der Waals surface area contributed by atoms with Crippen molar-refractivity contribution in [3.8, 4) is 0 Å². The van der Waals surface area contributed by atoms with Crippen molar-refractivity contribution in [1.29, 1.82) is 0 Å². The van der Waals surface area contributed by atoms with Gasteiger partial charge in [0.15, 0.2) is 5.41 Å². The fraction of sp³-hybridized carbons (Fsp3) is 0.842. The van der Waals surface area contributed by atoms with Gasteiger partial charge >= 0.3 is 17.9 Å². The van der Waals surface area contributed by atoms with Gasteiger partial charge < -0.3 is 14.6 Å². The van der Waals surface area contributed by atoms with Crippen LogP contribution < -0.4 is 0 Å². The van der Waals surface area contributed by atoms with Crippen LogP contribution in [0.2, 0.25) is 0 Å². The van der Waals surface area contributed by atoms with Crippen molar-refractivity contribution >= 4 is 17.9 Å². The average Bonchev–Trinajstić information content (AvgIpc) is 3.03. The van der Waals surface area contributed by atoms with Crippen LogP contribution in [0.25, 0.3) is 0 Å². The molecule has 0 heterocycles. The summed E-state index contributed by atoms with van der Waals surface area (Å²) in [5.41, 5.74) is -2.81. The van der Waals surface area contributed by atoms with Crippen LogP contribution in [0.1, 0.15) is 67.2 Å². The molecule has 0 spiro atoms. The van der Waals surface area contributed by atoms with E-state index in [2.05, 4.69) is 0 Å². The molecule has 2 fully saturated rings. The number of fused-ring (bicyclic) bond motifs is 2. The Morgan fingerprint density at radius 3 is 2.12 bits per heavy atom. The van der Waals surface area contributed by atoms with Crippen molar-refractivity contribution in [2.24, 2.45) is 22.7 Å². The maximum Gasteiger partial charge on any atom is 0.324 e. The molecule has 0 aromatic rings. The predicted octanol–water partition coefficient (Wildman–Crippen LogP) is 3.18. The Hall–Kier alpha value is -1.59. The maximum absolute atomic E-state index is 12.6. The highest BCUT2D eigenvalue weighted by molar-refractivity contribution is 6.00. The molecule has 0 amide bonds. The summed E-state index contributed by atoms with van der Waals surface area (Å²) < 4.78 is 11.1. The normalized spacial score (nSPS) is 31.7. The minimum absolute atomic E-state index is 0.106. The van der Waals surface area contributed by atoms with Crippen LogP contribution in [0, 0.1) is 22.7 Å². The lowest BCUT2D eigenvalue weighted by atomic mass is 9.72. The summed E-state index contributed by atoms with van der Waals surface area (Å²) in [7, 11) is 0. The molecule has 4 unspecified atom stereocenters. The largest absolute Gasteiger partial charge is 0.480 e. The molecule has 4 atom stereocenters. The zero-order chi connectivity index (χ0) is 19.2. The molecule has 0 aromatic heterocycles. The van der Waals surface area contributed by atoms with Gasteiger partial charge in [-0.2, -0.15) is 0 Å². The summed E-state index contributed by atoms with van der Waals surface area (Å²) in [5.74, 6) is -2.52. The summed E-state index contributed by atoms with van der Waals surface area (Å²) >= 11 is 0. The summed E-state index contributed by atoms with van der Waals surface area (Å²) in [6, 6.07) is 0. The van der Waals surface area contributed by atoms with E-state index in [-0.39, 0.29) is 30.3 Å². The monoisotopic (exact) mass is 354 g/mol. The lowest BCUT2D eigenvalue weighted by Gasteiger charge is -2.37. The number of carboxylic acid groups (broad SMARTS) is 1. The van der Waals surface area contributed by atoms with Gasteiger partial charge in [0, 0.05) is 0 Å². The number of aliphatic carboxylic acids is 1. The number of rotatable bonds is 5. The van der Waals surface area contributed by atoms with Crippen LogP contribution in [0.15, 0.2) is 0 Å². The summed E-state index contributed by atoms with van der Waals surface area (Å²) in [4.78, 5) is 36.9. The molecule has 2 saturated carbocycles. The molecule has 1 N–H and O–H groups in total. The molecule has 0 saturated heterocycles. The number of carboxylic acids is 1. The molecular formula is C19H30O6. The topological polar surface area (TPSA) is 89.9 Å². The Morgan fingerprint density at radius 1 is 1.12 bits per heavy atom. The van der Waals surface area contributed by atoms with Crippen molar-refractivity contribution in [3.63, 3.8) is 0 Å². The van der Waals surface area contributed by atoms with Crippen molar-refractivity contribution in [3.05, 3.63) is 0 Å². The van der Waals surface area contributed by atoms with Gasteiger partial charge in [0.2, 0.25) is 0 Å². The number of hydrogen-bond acceptors (Lipinski definition) is 5. The first-order chi connectivity index (χ1) is 11.3. The van der Waals surface area contributed by atoms with E-state index in [0.29, 0.717) is 19.3 Å². The second-order valence-corrected chi connectivity index (χ2v) is 9.09. The van der Waals surface area contributed by atoms with Crippen LogP contribution in [-0.2, 0) is 23.9 Å². The van der Waals surface area contributed by atoms with Crippen molar-refractivity contribution < 1.29 is 29.0 Å². The van der Waals surface area contributed by atoms with Gasteiger partial charge in [-0.25, -0.2) is 0 Å². The van der Waals surface area contributed by atoms with Crippen LogP contribution in [-0.4, -0.2) is 34.7 Å². The summed E-state index contributed by atoms with van der Waals surface area (Å²) in [6.45, 7) is 10.8. The van der Waals surface area contributed by atoms with E-state index in [4.69, 9.17) is 9.47 Å². The fourth-order valence-electron chi connectivity index (χ4n) is 3.84. The van der Waals surface area contributed by atoms with E-state index in [1.54, 1.807) is 20.8 Å². The van der Waals surface area contributed by atoms with Gasteiger partial charge in [0.1, 0.15) is 11.7 Å². The Bertz CT molecular complexity index is 573. The number of carbonyl (C=O) groups excluding carboxylic acids is 2. The average molecular weight is 354 g/mol. The third-order valence-corrected chi connectivity index (χ3v) is 5.75. The van der Waals surface area contributed by atoms with Gasteiger partial charge in [-0.3, -0.25) is 14.4 Å². The smallest absolute Gasteiger partial charge is 0.324 e. The molecule has 6 heteroatoms. The zero-order valence-corrected chi connectivity index (χ0v) is 16.0. The zero-order valence-electron chi connectivity index (χ0n) is 16.0. The first-order valence-electron chi connectivity index (χ1n) is 9.01. The maximum atomic E-state index is 12.6. The summed E-state index contributed by atoms with van der Waals surface area (Å²) in [6.07, 6.45) is 1.52. The molecule has 2 aliphatic carbocycles. The highest BCUT2D eigenvalue weighted by atomic mass is 16.6. The van der Waals surface area contributed by atoms with Gasteiger partial charge in [-0.05, 0) is 72.1 Å². The van der Waals surface area contributed by atoms with Gasteiger partial charge in [0.05, 0.1) is 5.41 Å². The molecule has 142 valence electrons. The second-order valence-electron chi connectivity index (χ2n) is 9.09. The number of carbonyl (C=O) groups is 3. The minimum atomic E-state index is -1.51. The standard InChI is InChI=1S/C19H30O6/c1-7-18(5,6)15(22)24-13-9-12-8-11(13)10-19(12,14(20)21)16(23)25-17(2,3)4/h11-13H,7-10H2,1-6H3,(H,20,21). The van der Waals surface area contributed by atoms with Crippen LogP contribution in [0.5, 0.6) is 0 Å². The minimum Gasteiger partial charge on any atom is -0.480 e. The molecule has 25 heavy (non-hydrogen) atoms. The number of esters is 2. The van der Waals surface area contributed by atoms with E-state index >= 15 is 0 Å². The van der Waals surface area contributed by atoms with Crippen molar-refractivity contribution in [2.45, 2.75) is 78.9 Å². The van der Waals surface area contributed by atoms with Crippen molar-refractivity contribution in [1.82, 2.24) is 0 Å². The molecule has 0 aromatic carbocycles. The molecule has 6 nitrogen and oxygen atoms in total. The Balaban J connectivity index is 2.13. The highest BCUT2D eigenvalue weighted by Gasteiger charge is 2.65. The quantitative estimate of drug-likeness (QED) is 0.602. The Labute approximate surface area is 149 Å². The highest BCUT2D eigenvalue weighted by Crippen LogP contribution is 2.58. The lowest BCUT2D eigenvalue weighted by Crippen LogP contribution is -2.49. The van der Waals surface area contributed by atoms with Gasteiger partial charge in [-0.1, -0.05) is 6.92 Å². The lowest BCUT2D eigenvalue weighted by molar-refractivity contribution is -0.184. The first kappa shape index (κ1) is 19.7. The third-order valence-electron chi connectivity index (χ3n) is 5.75. The van der Waals surface area contributed by atoms with Crippen LogP contribution in [0.3, 0.4) is 0 Å². The second kappa shape index (κ2) is 6.29. The molecule has 0 aliphatic heterocycles.